The van der Waals surface area contributed by atoms with Crippen molar-refractivity contribution in [3.63, 3.8) is 0 Å². The number of aryl methyl sites for hydroxylation is 1. The summed E-state index contributed by atoms with van der Waals surface area (Å²) in [6, 6.07) is 10.3. The molecule has 1 aromatic carbocycles. The Morgan fingerprint density at radius 3 is 3.05 bits per heavy atom. The van der Waals surface area contributed by atoms with Gasteiger partial charge in [-0.1, -0.05) is 29.4 Å². The Bertz CT molecular complexity index is 735. The monoisotopic (exact) mass is 337 g/mol. The molecule has 3 rings (SSSR count). The standard InChI is InChI=1S/C15H16ClN3S2/c1-10-2-4-12-13(8-10)19-15(18-12)20-7-6-17-9-11-3-5-14(16)21-11/h2-5,8,17H,6-7,9H2,1H3,(H,18,19). The molecule has 6 heteroatoms. The lowest BCUT2D eigenvalue weighted by Crippen LogP contribution is -2.15. The molecule has 0 aliphatic heterocycles. The van der Waals surface area contributed by atoms with Gasteiger partial charge >= 0.3 is 0 Å². The summed E-state index contributed by atoms with van der Waals surface area (Å²) in [5, 5.41) is 4.40. The van der Waals surface area contributed by atoms with Gasteiger partial charge < -0.3 is 10.3 Å². The highest BCUT2D eigenvalue weighted by molar-refractivity contribution is 7.99. The van der Waals surface area contributed by atoms with E-state index in [2.05, 4.69) is 46.5 Å². The van der Waals surface area contributed by atoms with Gasteiger partial charge in [-0.25, -0.2) is 4.98 Å². The Morgan fingerprint density at radius 1 is 1.33 bits per heavy atom. The van der Waals surface area contributed by atoms with E-state index in [9.17, 15) is 0 Å². The maximum Gasteiger partial charge on any atom is 0.166 e. The van der Waals surface area contributed by atoms with E-state index in [0.29, 0.717) is 0 Å². The van der Waals surface area contributed by atoms with Crippen LogP contribution >= 0.6 is 34.7 Å². The number of rotatable bonds is 6. The number of thioether (sulfide) groups is 1. The maximum absolute atomic E-state index is 5.90. The van der Waals surface area contributed by atoms with Crippen molar-refractivity contribution in [2.75, 3.05) is 12.3 Å². The van der Waals surface area contributed by atoms with Gasteiger partial charge in [-0.05, 0) is 36.8 Å². The van der Waals surface area contributed by atoms with E-state index < -0.39 is 0 Å². The second kappa shape index (κ2) is 6.83. The molecule has 0 aliphatic rings. The van der Waals surface area contributed by atoms with Gasteiger partial charge in [-0.15, -0.1) is 11.3 Å². The van der Waals surface area contributed by atoms with Crippen LogP contribution in [-0.2, 0) is 6.54 Å². The molecule has 3 nitrogen and oxygen atoms in total. The molecule has 0 saturated heterocycles. The third kappa shape index (κ3) is 4.01. The molecule has 2 heterocycles. The Labute approximate surface area is 137 Å². The van der Waals surface area contributed by atoms with E-state index in [4.69, 9.17) is 11.6 Å². The van der Waals surface area contributed by atoms with E-state index in [0.717, 1.165) is 39.4 Å². The van der Waals surface area contributed by atoms with Gasteiger partial charge in [0.1, 0.15) is 0 Å². The highest BCUT2D eigenvalue weighted by Crippen LogP contribution is 2.21. The Kier molecular flexibility index (Phi) is 4.85. The quantitative estimate of drug-likeness (QED) is 0.515. The fourth-order valence-electron chi connectivity index (χ4n) is 2.05. The van der Waals surface area contributed by atoms with Crippen molar-refractivity contribution in [2.45, 2.75) is 18.6 Å². The highest BCUT2D eigenvalue weighted by atomic mass is 35.5. The molecule has 21 heavy (non-hydrogen) atoms. The van der Waals surface area contributed by atoms with Crippen molar-refractivity contribution in [3.05, 3.63) is 45.1 Å². The van der Waals surface area contributed by atoms with Crippen molar-refractivity contribution in [2.24, 2.45) is 0 Å². The maximum atomic E-state index is 5.90. The molecular formula is C15H16ClN3S2. The number of H-pyrrole nitrogens is 1. The molecule has 0 unspecified atom stereocenters. The number of nitrogens with one attached hydrogen (secondary N) is 2. The summed E-state index contributed by atoms with van der Waals surface area (Å²) in [6.45, 7) is 3.90. The average Bonchev–Trinajstić information content (AvgIpc) is 3.04. The minimum absolute atomic E-state index is 0.846. The summed E-state index contributed by atoms with van der Waals surface area (Å²) < 4.78 is 0.846. The zero-order valence-corrected chi connectivity index (χ0v) is 14.0. The van der Waals surface area contributed by atoms with Gasteiger partial charge in [-0.2, -0.15) is 0 Å². The van der Waals surface area contributed by atoms with Crippen LogP contribution in [0.1, 0.15) is 10.4 Å². The normalized spacial score (nSPS) is 11.3. The Hall–Kier alpha value is -1.01. The number of aromatic amines is 1. The van der Waals surface area contributed by atoms with Crippen LogP contribution in [0.3, 0.4) is 0 Å². The number of imidazole rings is 1. The predicted octanol–water partition coefficient (Wildman–Crippen LogP) is 4.47. The second-order valence-electron chi connectivity index (χ2n) is 4.79. The van der Waals surface area contributed by atoms with Gasteiger partial charge in [-0.3, -0.25) is 0 Å². The van der Waals surface area contributed by atoms with Gasteiger partial charge in [0, 0.05) is 23.7 Å². The van der Waals surface area contributed by atoms with E-state index >= 15 is 0 Å². The van der Waals surface area contributed by atoms with Gasteiger partial charge in [0.15, 0.2) is 5.16 Å². The summed E-state index contributed by atoms with van der Waals surface area (Å²) in [6.07, 6.45) is 0. The molecule has 2 aromatic heterocycles. The molecule has 0 spiro atoms. The van der Waals surface area contributed by atoms with Crippen LogP contribution in [0, 0.1) is 6.92 Å². The van der Waals surface area contributed by atoms with Gasteiger partial charge in [0.05, 0.1) is 15.4 Å². The second-order valence-corrected chi connectivity index (χ2v) is 7.68. The number of fused-ring (bicyclic) bond motifs is 1. The van der Waals surface area contributed by atoms with Gasteiger partial charge in [0.2, 0.25) is 0 Å². The zero-order valence-electron chi connectivity index (χ0n) is 11.6. The lowest BCUT2D eigenvalue weighted by molar-refractivity contribution is 0.740. The predicted molar refractivity (Wildman–Crippen MR) is 92.6 cm³/mol. The number of thiophene rings is 1. The molecule has 2 N–H and O–H groups in total. The molecule has 0 saturated carbocycles. The highest BCUT2D eigenvalue weighted by Gasteiger charge is 2.03. The summed E-state index contributed by atoms with van der Waals surface area (Å²) in [5.74, 6) is 0.984. The number of nitrogens with zero attached hydrogens (tertiary/aromatic N) is 1. The van der Waals surface area contributed by atoms with E-state index in [1.165, 1.54) is 10.4 Å². The largest absolute Gasteiger partial charge is 0.333 e. The van der Waals surface area contributed by atoms with Crippen molar-refractivity contribution in [3.8, 4) is 0 Å². The molecular weight excluding hydrogens is 322 g/mol. The molecule has 0 bridgehead atoms. The first-order valence-corrected chi connectivity index (χ1v) is 8.93. The summed E-state index contributed by atoms with van der Waals surface area (Å²) in [4.78, 5) is 9.20. The number of benzene rings is 1. The minimum Gasteiger partial charge on any atom is -0.333 e. The van der Waals surface area contributed by atoms with Crippen molar-refractivity contribution in [1.29, 1.82) is 0 Å². The first-order valence-electron chi connectivity index (χ1n) is 6.75. The molecule has 3 aromatic rings. The first-order chi connectivity index (χ1) is 10.2. The lowest BCUT2D eigenvalue weighted by atomic mass is 10.2. The fourth-order valence-corrected chi connectivity index (χ4v) is 3.89. The zero-order chi connectivity index (χ0) is 14.7. The number of hydrogen-bond donors (Lipinski definition) is 2. The van der Waals surface area contributed by atoms with Gasteiger partial charge in [0.25, 0.3) is 0 Å². The van der Waals surface area contributed by atoms with Crippen LogP contribution in [0.25, 0.3) is 11.0 Å². The fraction of sp³-hybridized carbons (Fsp3) is 0.267. The molecule has 0 fully saturated rings. The van der Waals surface area contributed by atoms with Crippen LogP contribution in [-0.4, -0.2) is 22.3 Å². The average molecular weight is 338 g/mol. The number of aromatic nitrogens is 2. The smallest absolute Gasteiger partial charge is 0.166 e. The number of hydrogen-bond acceptors (Lipinski definition) is 4. The molecule has 110 valence electrons. The van der Waals surface area contributed by atoms with E-state index in [-0.39, 0.29) is 0 Å². The summed E-state index contributed by atoms with van der Waals surface area (Å²) in [7, 11) is 0. The van der Waals surface area contributed by atoms with Crippen molar-refractivity contribution < 1.29 is 0 Å². The lowest BCUT2D eigenvalue weighted by Gasteiger charge is -2.01. The number of halogens is 1. The summed E-state index contributed by atoms with van der Waals surface area (Å²) in [5.41, 5.74) is 3.39. The van der Waals surface area contributed by atoms with Crippen LogP contribution < -0.4 is 5.32 Å². The third-order valence-electron chi connectivity index (χ3n) is 3.06. The van der Waals surface area contributed by atoms with Crippen molar-refractivity contribution >= 4 is 45.7 Å². The topological polar surface area (TPSA) is 40.7 Å². The molecule has 0 atom stereocenters. The van der Waals surface area contributed by atoms with E-state index in [1.54, 1.807) is 23.1 Å². The SMILES string of the molecule is Cc1ccc2nc(SCCNCc3ccc(Cl)s3)[nH]c2c1. The van der Waals surface area contributed by atoms with E-state index in [1.807, 2.05) is 6.07 Å². The summed E-state index contributed by atoms with van der Waals surface area (Å²) >= 11 is 9.27. The van der Waals surface area contributed by atoms with Crippen LogP contribution in [0.5, 0.6) is 0 Å². The Balaban J connectivity index is 1.46. The van der Waals surface area contributed by atoms with Crippen LogP contribution in [0.4, 0.5) is 0 Å². The Morgan fingerprint density at radius 2 is 2.24 bits per heavy atom. The van der Waals surface area contributed by atoms with Crippen LogP contribution in [0.15, 0.2) is 35.5 Å². The minimum atomic E-state index is 0.846. The first kappa shape index (κ1) is 14.9. The molecule has 0 amide bonds. The third-order valence-corrected chi connectivity index (χ3v) is 5.17. The van der Waals surface area contributed by atoms with Crippen molar-refractivity contribution in [1.82, 2.24) is 15.3 Å². The molecule has 0 radical (unpaired) electrons. The molecule has 0 aliphatic carbocycles. The van der Waals surface area contributed by atoms with Crippen LogP contribution in [0.2, 0.25) is 4.34 Å².